The van der Waals surface area contributed by atoms with Gasteiger partial charge < -0.3 is 19.1 Å². The Balaban J connectivity index is 1.59. The van der Waals surface area contributed by atoms with Crippen molar-refractivity contribution in [3.8, 4) is 17.2 Å². The zero-order valence-electron chi connectivity index (χ0n) is 17.1. The molecule has 2 aromatic carbocycles. The summed E-state index contributed by atoms with van der Waals surface area (Å²) < 4.78 is 17.6. The van der Waals surface area contributed by atoms with Gasteiger partial charge in [0.15, 0.2) is 11.5 Å². The first kappa shape index (κ1) is 18.3. The van der Waals surface area contributed by atoms with Crippen LogP contribution in [0.3, 0.4) is 0 Å². The van der Waals surface area contributed by atoms with E-state index in [1.807, 2.05) is 20.2 Å². The maximum absolute atomic E-state index is 12.6. The van der Waals surface area contributed by atoms with E-state index in [0.29, 0.717) is 12.8 Å². The van der Waals surface area contributed by atoms with Crippen LogP contribution < -0.4 is 19.1 Å². The average Bonchev–Trinajstić information content (AvgIpc) is 3.37. The number of benzene rings is 2. The summed E-state index contributed by atoms with van der Waals surface area (Å²) in [5.41, 5.74) is 4.40. The molecule has 1 fully saturated rings. The first-order valence-electron chi connectivity index (χ1n) is 10.5. The maximum atomic E-state index is 12.6. The topological polar surface area (TPSA) is 48.0 Å². The number of nitrogens with zero attached hydrogens (tertiary/aromatic N) is 1. The minimum Gasteiger partial charge on any atom is -0.490 e. The van der Waals surface area contributed by atoms with Gasteiger partial charge in [0.1, 0.15) is 11.5 Å². The molecule has 0 bridgehead atoms. The van der Waals surface area contributed by atoms with Crippen LogP contribution in [0.5, 0.6) is 17.2 Å². The molecule has 1 saturated carbocycles. The molecule has 152 valence electrons. The van der Waals surface area contributed by atoms with Crippen LogP contribution >= 0.6 is 0 Å². The Hall–Kier alpha value is -2.69. The number of hydrogen-bond acceptors (Lipinski definition) is 5. The highest BCUT2D eigenvalue weighted by atomic mass is 16.7. The van der Waals surface area contributed by atoms with Crippen molar-refractivity contribution in [2.24, 2.45) is 0 Å². The molecule has 0 radical (unpaired) electrons. The van der Waals surface area contributed by atoms with E-state index >= 15 is 0 Å². The Kier molecular flexibility index (Phi) is 4.61. The second kappa shape index (κ2) is 7.29. The zero-order valence-corrected chi connectivity index (χ0v) is 17.1. The van der Waals surface area contributed by atoms with Crippen LogP contribution in [0, 0.1) is 0 Å². The lowest BCUT2D eigenvalue weighted by atomic mass is 9.77. The fourth-order valence-electron chi connectivity index (χ4n) is 4.75. The molecule has 0 amide bonds. The van der Waals surface area contributed by atoms with Crippen molar-refractivity contribution in [1.29, 1.82) is 0 Å². The third-order valence-corrected chi connectivity index (χ3v) is 6.31. The van der Waals surface area contributed by atoms with Crippen molar-refractivity contribution >= 4 is 11.5 Å². The predicted molar refractivity (Wildman–Crippen MR) is 111 cm³/mol. The van der Waals surface area contributed by atoms with Gasteiger partial charge in [-0.1, -0.05) is 6.07 Å². The number of carbonyl (C=O) groups excluding carboxylic acids is 1. The third kappa shape index (κ3) is 3.43. The lowest BCUT2D eigenvalue weighted by Gasteiger charge is -2.29. The van der Waals surface area contributed by atoms with E-state index in [1.54, 1.807) is 0 Å². The van der Waals surface area contributed by atoms with E-state index in [0.717, 1.165) is 52.5 Å². The number of Topliss-reactive ketones (excluding diaryl/α,β-unsaturated/α-hetero) is 1. The van der Waals surface area contributed by atoms with Crippen LogP contribution in [0.4, 0.5) is 5.69 Å². The van der Waals surface area contributed by atoms with Crippen molar-refractivity contribution < 1.29 is 19.0 Å². The van der Waals surface area contributed by atoms with Gasteiger partial charge in [0.05, 0.1) is 6.10 Å². The minimum atomic E-state index is -0.0200. The molecule has 5 nitrogen and oxygen atoms in total. The van der Waals surface area contributed by atoms with Crippen LogP contribution in [0.25, 0.3) is 0 Å². The fourth-order valence-corrected chi connectivity index (χ4v) is 4.75. The molecule has 3 aliphatic rings. The van der Waals surface area contributed by atoms with Gasteiger partial charge in [-0.15, -0.1) is 0 Å². The molecule has 1 heterocycles. The molecule has 2 aliphatic carbocycles. The molecule has 0 aromatic heterocycles. The Bertz CT molecular complexity index is 946. The van der Waals surface area contributed by atoms with E-state index in [1.165, 1.54) is 12.8 Å². The molecule has 0 N–H and O–H groups in total. The van der Waals surface area contributed by atoms with Crippen molar-refractivity contribution in [3.63, 3.8) is 0 Å². The highest BCUT2D eigenvalue weighted by molar-refractivity contribution is 5.85. The second-order valence-corrected chi connectivity index (χ2v) is 8.52. The molecule has 1 atom stereocenters. The normalized spacial score (nSPS) is 20.6. The van der Waals surface area contributed by atoms with E-state index in [4.69, 9.17) is 14.2 Å². The second-order valence-electron chi connectivity index (χ2n) is 8.52. The summed E-state index contributed by atoms with van der Waals surface area (Å²) in [6, 6.07) is 10.4. The van der Waals surface area contributed by atoms with Crippen LogP contribution in [0.1, 0.15) is 54.7 Å². The summed E-state index contributed by atoms with van der Waals surface area (Å²) in [4.78, 5) is 14.7. The SMILES string of the molecule is CN(C)c1ccc(C2CC(=O)Cc3cc4c(cc32)OCO4)c(OC2CCCC2)c1. The van der Waals surface area contributed by atoms with E-state index < -0.39 is 0 Å². The number of rotatable bonds is 4. The molecule has 2 aromatic rings. The smallest absolute Gasteiger partial charge is 0.231 e. The van der Waals surface area contributed by atoms with Gasteiger partial charge in [0, 0.05) is 50.2 Å². The van der Waals surface area contributed by atoms with Crippen LogP contribution in [-0.2, 0) is 11.2 Å². The lowest BCUT2D eigenvalue weighted by molar-refractivity contribution is -0.119. The van der Waals surface area contributed by atoms with Crippen molar-refractivity contribution in [1.82, 2.24) is 0 Å². The molecule has 1 unspecified atom stereocenters. The van der Waals surface area contributed by atoms with Crippen molar-refractivity contribution in [2.45, 2.75) is 50.5 Å². The van der Waals surface area contributed by atoms with Crippen LogP contribution in [-0.4, -0.2) is 32.8 Å². The summed E-state index contributed by atoms with van der Waals surface area (Å²) in [7, 11) is 4.07. The minimum absolute atomic E-state index is 0.0200. The highest BCUT2D eigenvalue weighted by Gasteiger charge is 2.32. The van der Waals surface area contributed by atoms with Gasteiger partial charge in [-0.3, -0.25) is 4.79 Å². The number of fused-ring (bicyclic) bond motifs is 2. The maximum Gasteiger partial charge on any atom is 0.231 e. The third-order valence-electron chi connectivity index (χ3n) is 6.31. The van der Waals surface area contributed by atoms with E-state index in [2.05, 4.69) is 29.2 Å². The number of ether oxygens (including phenoxy) is 3. The molecule has 0 spiro atoms. The largest absolute Gasteiger partial charge is 0.490 e. The summed E-state index contributed by atoms with van der Waals surface area (Å²) in [6.07, 6.45) is 5.87. The van der Waals surface area contributed by atoms with E-state index in [9.17, 15) is 4.79 Å². The monoisotopic (exact) mass is 393 g/mol. The van der Waals surface area contributed by atoms with Gasteiger partial charge in [-0.05, 0) is 55.0 Å². The zero-order chi connectivity index (χ0) is 20.0. The van der Waals surface area contributed by atoms with Crippen LogP contribution in [0.2, 0.25) is 0 Å². The molecule has 29 heavy (non-hydrogen) atoms. The van der Waals surface area contributed by atoms with Gasteiger partial charge >= 0.3 is 0 Å². The molecular weight excluding hydrogens is 366 g/mol. The summed E-state index contributed by atoms with van der Waals surface area (Å²) in [5.74, 6) is 2.65. The molecule has 5 heteroatoms. The number of hydrogen-bond donors (Lipinski definition) is 0. The first-order valence-corrected chi connectivity index (χ1v) is 10.5. The lowest BCUT2D eigenvalue weighted by Crippen LogP contribution is -2.21. The van der Waals surface area contributed by atoms with Gasteiger partial charge in [0.25, 0.3) is 0 Å². The average molecular weight is 393 g/mol. The molecule has 0 saturated heterocycles. The van der Waals surface area contributed by atoms with Gasteiger partial charge in [-0.25, -0.2) is 0 Å². The quantitative estimate of drug-likeness (QED) is 0.768. The predicted octanol–water partition coefficient (Wildman–Crippen LogP) is 4.45. The molecule has 5 rings (SSSR count). The summed E-state index contributed by atoms with van der Waals surface area (Å²) >= 11 is 0. The fraction of sp³-hybridized carbons (Fsp3) is 0.458. The number of ketones is 1. The Morgan fingerprint density at radius 2 is 1.76 bits per heavy atom. The molecular formula is C24H27NO4. The summed E-state index contributed by atoms with van der Waals surface area (Å²) in [6.45, 7) is 0.240. The van der Waals surface area contributed by atoms with Gasteiger partial charge in [-0.2, -0.15) is 0 Å². The highest BCUT2D eigenvalue weighted by Crippen LogP contribution is 2.46. The van der Waals surface area contributed by atoms with Crippen molar-refractivity contribution in [2.75, 3.05) is 25.8 Å². The number of anilines is 1. The van der Waals surface area contributed by atoms with E-state index in [-0.39, 0.29) is 24.6 Å². The van der Waals surface area contributed by atoms with Crippen LogP contribution in [0.15, 0.2) is 30.3 Å². The Morgan fingerprint density at radius 3 is 2.52 bits per heavy atom. The first-order chi connectivity index (χ1) is 14.1. The Morgan fingerprint density at radius 1 is 1.00 bits per heavy atom. The van der Waals surface area contributed by atoms with Gasteiger partial charge in [0.2, 0.25) is 6.79 Å². The van der Waals surface area contributed by atoms with Crippen molar-refractivity contribution in [3.05, 3.63) is 47.0 Å². The summed E-state index contributed by atoms with van der Waals surface area (Å²) in [5, 5.41) is 0. The standard InChI is InChI=1S/C24H27NO4/c1-25(2)16-7-8-19(22(11-16)29-18-5-3-4-6-18)21-12-17(26)9-15-10-23-24(13-20(15)21)28-14-27-23/h7-8,10-11,13,18,21H,3-6,9,12,14H2,1-2H3. The Labute approximate surface area is 171 Å². The number of carbonyl (C=O) groups is 1. The molecule has 1 aliphatic heterocycles.